The summed E-state index contributed by atoms with van der Waals surface area (Å²) in [6.07, 6.45) is -1.32. The van der Waals surface area contributed by atoms with Crippen molar-refractivity contribution >= 4 is 47.3 Å². The molecule has 2 aromatic rings. The number of hydrogen-bond donors (Lipinski definition) is 7. The van der Waals surface area contributed by atoms with E-state index >= 15 is 0 Å². The fourth-order valence-corrected chi connectivity index (χ4v) is 6.44. The number of rotatable bonds is 10. The van der Waals surface area contributed by atoms with E-state index in [-0.39, 0.29) is 35.7 Å². The molecule has 15 nitrogen and oxygen atoms in total. The van der Waals surface area contributed by atoms with Crippen LogP contribution in [0.1, 0.15) is 18.1 Å². The molecule has 37 heavy (non-hydrogen) atoms. The van der Waals surface area contributed by atoms with Crippen LogP contribution in [-0.4, -0.2) is 93.6 Å². The number of phenolic OH excluding ortho intramolecular Hbond substituents is 1. The van der Waals surface area contributed by atoms with Crippen molar-refractivity contribution in [1.82, 2.24) is 36.2 Å². The molecule has 0 aliphatic carbocycles. The van der Waals surface area contributed by atoms with Gasteiger partial charge in [-0.05, 0) is 40.1 Å². The molecule has 1 aromatic heterocycles. The Morgan fingerprint density at radius 1 is 1.30 bits per heavy atom. The van der Waals surface area contributed by atoms with Crippen molar-refractivity contribution in [1.29, 1.82) is 0 Å². The minimum Gasteiger partial charge on any atom is -0.508 e. The van der Waals surface area contributed by atoms with Gasteiger partial charge in [0.25, 0.3) is 11.8 Å². The Kier molecular flexibility index (Phi) is 7.84. The van der Waals surface area contributed by atoms with Gasteiger partial charge in [0.05, 0.1) is 0 Å². The number of H-pyrrole nitrogens is 1. The lowest BCUT2D eigenvalue weighted by Crippen LogP contribution is -2.71. The Bertz CT molecular complexity index is 1220. The number of fused-ring (bicyclic) bond motifs is 1. The lowest BCUT2D eigenvalue weighted by atomic mass is 9.99. The number of nitrogens with zero attached hydrogens (tertiary/aromatic N) is 4. The van der Waals surface area contributed by atoms with Crippen molar-refractivity contribution in [2.24, 2.45) is 5.73 Å². The average Bonchev–Trinajstić information content (AvgIpc) is 3.38. The van der Waals surface area contributed by atoms with E-state index < -0.39 is 46.6 Å². The highest BCUT2D eigenvalue weighted by Crippen LogP contribution is 2.44. The van der Waals surface area contributed by atoms with Gasteiger partial charge in [-0.2, -0.15) is 0 Å². The summed E-state index contributed by atoms with van der Waals surface area (Å²) in [6.45, 7) is 0.140. The van der Waals surface area contributed by atoms with Crippen LogP contribution in [0.4, 0.5) is 4.79 Å². The largest absolute Gasteiger partial charge is 0.508 e. The number of carbonyl (C=O) groups excluding carboxylic acids is 3. The number of tetrazole rings is 1. The molecule has 0 saturated carbocycles. The SMILES string of the molecule is NC(=O)NCCC(Sc1nnn[nH]1)C1=C(C(=O)O)N2C(=O)C(NC(=O)C(O)c3ccc(O)cc3)[C@@H]2SC1. The third kappa shape index (κ3) is 5.62. The van der Waals surface area contributed by atoms with Gasteiger partial charge in [-0.1, -0.05) is 23.9 Å². The first-order chi connectivity index (χ1) is 17.7. The van der Waals surface area contributed by atoms with Gasteiger partial charge in [-0.15, -0.1) is 16.9 Å². The zero-order valence-corrected chi connectivity index (χ0v) is 20.5. The predicted octanol–water partition coefficient (Wildman–Crippen LogP) is -1.10. The van der Waals surface area contributed by atoms with Gasteiger partial charge in [-0.3, -0.25) is 14.5 Å². The second-order valence-electron chi connectivity index (χ2n) is 7.96. The number of hydrogen-bond acceptors (Lipinski definition) is 11. The number of aromatic amines is 1. The summed E-state index contributed by atoms with van der Waals surface area (Å²) in [5.74, 6) is -2.63. The standard InChI is InChI=1S/C20H22N8O7S2/c21-19(35)22-6-5-11(37-20-24-26-27-25-20)10-7-36-17-12(16(32)28(17)13(10)18(33)34)23-15(31)14(30)8-1-3-9(29)4-2-8/h1-4,11-12,14,17,29-30H,5-7H2,(H,23,31)(H,33,34)(H3,21,22,35)(H,24,25,26,27)/t11?,12?,14?,17-/m0/s1. The van der Waals surface area contributed by atoms with Crippen LogP contribution in [0.15, 0.2) is 40.7 Å². The van der Waals surface area contributed by atoms with E-state index in [0.717, 1.165) is 16.7 Å². The van der Waals surface area contributed by atoms with E-state index in [4.69, 9.17) is 5.73 Å². The lowest BCUT2D eigenvalue weighted by Gasteiger charge is -2.50. The summed E-state index contributed by atoms with van der Waals surface area (Å²) in [5, 5.41) is 47.2. The monoisotopic (exact) mass is 550 g/mol. The molecule has 3 heterocycles. The summed E-state index contributed by atoms with van der Waals surface area (Å²) < 4.78 is 0. The first-order valence-electron chi connectivity index (χ1n) is 10.8. The number of aromatic hydroxyl groups is 1. The number of β-lactam (4-membered cyclic amide) rings is 1. The number of benzene rings is 1. The maximum absolute atomic E-state index is 13.0. The minimum absolute atomic E-state index is 0.0370. The Balaban J connectivity index is 1.52. The Labute approximate surface area is 217 Å². The van der Waals surface area contributed by atoms with Crippen LogP contribution >= 0.6 is 23.5 Å². The molecular formula is C20H22N8O7S2. The fraction of sp³-hybridized carbons (Fsp3) is 0.350. The number of carboxylic acids is 1. The van der Waals surface area contributed by atoms with Crippen LogP contribution < -0.4 is 16.4 Å². The van der Waals surface area contributed by atoms with Gasteiger partial charge in [0.2, 0.25) is 5.16 Å². The summed E-state index contributed by atoms with van der Waals surface area (Å²) in [4.78, 5) is 50.1. The van der Waals surface area contributed by atoms with E-state index in [9.17, 15) is 34.5 Å². The molecule has 17 heteroatoms. The fourth-order valence-electron chi connectivity index (χ4n) is 3.90. The maximum atomic E-state index is 13.0. The van der Waals surface area contributed by atoms with Crippen LogP contribution in [0.25, 0.3) is 0 Å². The molecule has 4 atom stereocenters. The number of aromatic nitrogens is 4. The number of urea groups is 1. The first-order valence-corrected chi connectivity index (χ1v) is 12.7. The number of aliphatic carboxylic acids is 1. The number of amides is 4. The minimum atomic E-state index is -1.59. The third-order valence-electron chi connectivity index (χ3n) is 5.63. The van der Waals surface area contributed by atoms with Crippen molar-refractivity contribution in [2.75, 3.05) is 12.3 Å². The second-order valence-corrected chi connectivity index (χ2v) is 10.3. The van der Waals surface area contributed by atoms with Crippen LogP contribution in [0, 0.1) is 0 Å². The van der Waals surface area contributed by atoms with Gasteiger partial charge < -0.3 is 31.7 Å². The molecule has 0 bridgehead atoms. The molecule has 4 amide bonds. The van der Waals surface area contributed by atoms with Gasteiger partial charge >= 0.3 is 12.0 Å². The molecule has 0 spiro atoms. The summed E-state index contributed by atoms with van der Waals surface area (Å²) in [5.41, 5.74) is 5.55. The van der Waals surface area contributed by atoms with Crippen LogP contribution in [0.5, 0.6) is 5.75 Å². The van der Waals surface area contributed by atoms with E-state index in [0.29, 0.717) is 10.7 Å². The summed E-state index contributed by atoms with van der Waals surface area (Å²) in [7, 11) is 0. The smallest absolute Gasteiger partial charge is 0.352 e. The first kappa shape index (κ1) is 26.2. The summed E-state index contributed by atoms with van der Waals surface area (Å²) >= 11 is 2.39. The molecule has 8 N–H and O–H groups in total. The molecule has 3 unspecified atom stereocenters. The van der Waals surface area contributed by atoms with Gasteiger partial charge in [0, 0.05) is 17.5 Å². The second kappa shape index (κ2) is 11.1. The number of aliphatic hydroxyl groups excluding tert-OH is 1. The topological polar surface area (TPSA) is 237 Å². The number of primary amides is 1. The number of carboxylic acid groups (broad SMARTS) is 1. The van der Waals surface area contributed by atoms with Gasteiger partial charge in [0.1, 0.15) is 22.9 Å². The van der Waals surface area contributed by atoms with Crippen molar-refractivity contribution in [2.45, 2.75) is 34.3 Å². The highest BCUT2D eigenvalue weighted by molar-refractivity contribution is 8.01. The van der Waals surface area contributed by atoms with E-state index in [2.05, 4.69) is 31.3 Å². The Morgan fingerprint density at radius 3 is 2.65 bits per heavy atom. The molecule has 0 radical (unpaired) electrons. The van der Waals surface area contributed by atoms with Crippen molar-refractivity contribution in [3.63, 3.8) is 0 Å². The number of aliphatic hydroxyl groups is 1. The van der Waals surface area contributed by atoms with Crippen molar-refractivity contribution in [3.05, 3.63) is 41.1 Å². The zero-order valence-electron chi connectivity index (χ0n) is 18.9. The molecule has 1 saturated heterocycles. The number of carbonyl (C=O) groups is 4. The highest BCUT2D eigenvalue weighted by atomic mass is 32.2. The molecule has 1 aromatic carbocycles. The molecule has 196 valence electrons. The number of nitrogens with two attached hydrogens (primary N) is 1. The Morgan fingerprint density at radius 2 is 2.03 bits per heavy atom. The lowest BCUT2D eigenvalue weighted by molar-refractivity contribution is -0.151. The summed E-state index contributed by atoms with van der Waals surface area (Å²) in [6, 6.07) is 3.59. The maximum Gasteiger partial charge on any atom is 0.352 e. The van der Waals surface area contributed by atoms with Gasteiger partial charge in [0.15, 0.2) is 6.10 Å². The molecule has 1 fully saturated rings. The third-order valence-corrected chi connectivity index (χ3v) is 8.13. The van der Waals surface area contributed by atoms with Crippen LogP contribution in [0.2, 0.25) is 0 Å². The Hall–Kier alpha value is -3.83. The molecule has 2 aliphatic rings. The number of phenols is 1. The quantitative estimate of drug-likeness (QED) is 0.138. The number of nitrogens with one attached hydrogen (secondary N) is 3. The van der Waals surface area contributed by atoms with Crippen LogP contribution in [-0.2, 0) is 14.4 Å². The van der Waals surface area contributed by atoms with E-state index in [1.807, 2.05) is 0 Å². The predicted molar refractivity (Wildman–Crippen MR) is 129 cm³/mol. The zero-order chi connectivity index (χ0) is 26.7. The van der Waals surface area contributed by atoms with Gasteiger partial charge in [-0.25, -0.2) is 14.7 Å². The number of thioether (sulfide) groups is 2. The molecule has 4 rings (SSSR count). The normalized spacial score (nSPS) is 20.5. The average molecular weight is 551 g/mol. The van der Waals surface area contributed by atoms with E-state index in [1.54, 1.807) is 0 Å². The van der Waals surface area contributed by atoms with Crippen LogP contribution in [0.3, 0.4) is 0 Å². The highest BCUT2D eigenvalue weighted by Gasteiger charge is 2.55. The van der Waals surface area contributed by atoms with Crippen molar-refractivity contribution < 1.29 is 34.5 Å². The molecule has 2 aliphatic heterocycles. The van der Waals surface area contributed by atoms with Crippen molar-refractivity contribution in [3.8, 4) is 5.75 Å². The van der Waals surface area contributed by atoms with E-state index in [1.165, 1.54) is 36.0 Å². The molecular weight excluding hydrogens is 528 g/mol.